The van der Waals surface area contributed by atoms with Gasteiger partial charge in [-0.25, -0.2) is 0 Å². The van der Waals surface area contributed by atoms with Gasteiger partial charge < -0.3 is 15.8 Å². The summed E-state index contributed by atoms with van der Waals surface area (Å²) in [5.41, 5.74) is 5.71. The van der Waals surface area contributed by atoms with Crippen molar-refractivity contribution in [2.75, 3.05) is 17.7 Å². The van der Waals surface area contributed by atoms with Gasteiger partial charge in [-0.15, -0.1) is 0 Å². The molecule has 2 unspecified atom stereocenters. The van der Waals surface area contributed by atoms with Crippen LogP contribution in [0.4, 0.5) is 11.9 Å². The Morgan fingerprint density at radius 3 is 2.70 bits per heavy atom. The number of hydrogen-bond acceptors (Lipinski definition) is 6. The van der Waals surface area contributed by atoms with Crippen molar-refractivity contribution in [1.29, 1.82) is 0 Å². The molecule has 112 valence electrons. The summed E-state index contributed by atoms with van der Waals surface area (Å²) in [6.07, 6.45) is 4.97. The van der Waals surface area contributed by atoms with E-state index < -0.39 is 0 Å². The van der Waals surface area contributed by atoms with Gasteiger partial charge in [-0.1, -0.05) is 26.7 Å². The Morgan fingerprint density at radius 2 is 2.00 bits per heavy atom. The molecule has 1 aliphatic rings. The predicted molar refractivity (Wildman–Crippen MR) is 79.6 cm³/mol. The van der Waals surface area contributed by atoms with E-state index in [1.165, 1.54) is 19.3 Å². The molecule has 20 heavy (non-hydrogen) atoms. The normalized spacial score (nSPS) is 22.8. The van der Waals surface area contributed by atoms with Crippen LogP contribution in [0.2, 0.25) is 0 Å². The highest BCUT2D eigenvalue weighted by Gasteiger charge is 2.28. The second-order valence-electron chi connectivity index (χ2n) is 5.68. The molecule has 2 atom stereocenters. The first-order valence-electron chi connectivity index (χ1n) is 7.51. The van der Waals surface area contributed by atoms with Gasteiger partial charge in [0.1, 0.15) is 0 Å². The molecule has 1 heterocycles. The van der Waals surface area contributed by atoms with Crippen molar-refractivity contribution in [2.45, 2.75) is 52.5 Å². The number of hydrogen-bond donors (Lipinski definition) is 2. The Balaban J connectivity index is 2.11. The van der Waals surface area contributed by atoms with Crippen LogP contribution in [0.3, 0.4) is 0 Å². The van der Waals surface area contributed by atoms with Crippen LogP contribution in [0.1, 0.15) is 46.5 Å². The summed E-state index contributed by atoms with van der Waals surface area (Å²) in [4.78, 5) is 12.4. The van der Waals surface area contributed by atoms with Crippen LogP contribution in [0.25, 0.3) is 0 Å². The van der Waals surface area contributed by atoms with Crippen LogP contribution >= 0.6 is 0 Å². The van der Waals surface area contributed by atoms with E-state index in [4.69, 9.17) is 10.5 Å². The van der Waals surface area contributed by atoms with Crippen LogP contribution in [0.5, 0.6) is 6.01 Å². The van der Waals surface area contributed by atoms with Crippen molar-refractivity contribution in [2.24, 2.45) is 11.8 Å². The van der Waals surface area contributed by atoms with E-state index in [2.05, 4.69) is 34.1 Å². The molecule has 0 spiro atoms. The fraction of sp³-hybridized carbons (Fsp3) is 0.786. The second kappa shape index (κ2) is 6.72. The van der Waals surface area contributed by atoms with Crippen molar-refractivity contribution in [3.63, 3.8) is 0 Å². The highest BCUT2D eigenvalue weighted by atomic mass is 16.5. The molecule has 1 fully saturated rings. The van der Waals surface area contributed by atoms with Crippen LogP contribution in [0, 0.1) is 11.8 Å². The number of nitrogens with two attached hydrogens (primary N) is 1. The maximum Gasteiger partial charge on any atom is 0.323 e. The molecule has 0 aromatic carbocycles. The van der Waals surface area contributed by atoms with Crippen molar-refractivity contribution in [3.05, 3.63) is 0 Å². The van der Waals surface area contributed by atoms with Gasteiger partial charge in [0.25, 0.3) is 0 Å². The Labute approximate surface area is 120 Å². The SMILES string of the molecule is CCOc1nc(N)nc(NC2CCCCC2C(C)C)n1. The van der Waals surface area contributed by atoms with Crippen LogP contribution < -0.4 is 15.8 Å². The highest BCUT2D eigenvalue weighted by Crippen LogP contribution is 2.31. The molecule has 0 bridgehead atoms. The van der Waals surface area contributed by atoms with E-state index in [1.807, 2.05) is 6.92 Å². The summed E-state index contributed by atoms with van der Waals surface area (Å²) in [5.74, 6) is 2.02. The summed E-state index contributed by atoms with van der Waals surface area (Å²) in [7, 11) is 0. The Morgan fingerprint density at radius 1 is 1.25 bits per heavy atom. The summed E-state index contributed by atoms with van der Waals surface area (Å²) in [6.45, 7) is 6.96. The zero-order valence-corrected chi connectivity index (χ0v) is 12.6. The summed E-state index contributed by atoms with van der Waals surface area (Å²) >= 11 is 0. The minimum Gasteiger partial charge on any atom is -0.464 e. The lowest BCUT2D eigenvalue weighted by Gasteiger charge is -2.34. The number of ether oxygens (including phenoxy) is 1. The zero-order chi connectivity index (χ0) is 14.5. The summed E-state index contributed by atoms with van der Waals surface area (Å²) in [6, 6.07) is 0.694. The van der Waals surface area contributed by atoms with E-state index in [0.29, 0.717) is 36.4 Å². The van der Waals surface area contributed by atoms with Gasteiger partial charge in [0.2, 0.25) is 11.9 Å². The van der Waals surface area contributed by atoms with Gasteiger partial charge >= 0.3 is 6.01 Å². The van der Waals surface area contributed by atoms with Crippen molar-refractivity contribution >= 4 is 11.9 Å². The molecule has 3 N–H and O–H groups in total. The molecule has 1 aliphatic carbocycles. The first kappa shape index (κ1) is 14.8. The van der Waals surface area contributed by atoms with Gasteiger partial charge in [0, 0.05) is 6.04 Å². The number of nitrogen functional groups attached to an aromatic ring is 1. The van der Waals surface area contributed by atoms with E-state index in [9.17, 15) is 0 Å². The lowest BCUT2D eigenvalue weighted by atomic mass is 9.78. The molecule has 2 rings (SSSR count). The lowest BCUT2D eigenvalue weighted by molar-refractivity contribution is 0.252. The fourth-order valence-corrected chi connectivity index (χ4v) is 2.93. The van der Waals surface area contributed by atoms with Crippen molar-refractivity contribution in [3.8, 4) is 6.01 Å². The van der Waals surface area contributed by atoms with Crippen LogP contribution in [-0.4, -0.2) is 27.6 Å². The second-order valence-corrected chi connectivity index (χ2v) is 5.68. The standard InChI is InChI=1S/C14H25N5O/c1-4-20-14-18-12(15)17-13(19-14)16-11-8-6-5-7-10(11)9(2)3/h9-11H,4-8H2,1-3H3,(H3,15,16,17,18,19). The van der Waals surface area contributed by atoms with Gasteiger partial charge in [-0.3, -0.25) is 0 Å². The monoisotopic (exact) mass is 279 g/mol. The molecule has 6 nitrogen and oxygen atoms in total. The number of rotatable bonds is 5. The Bertz CT molecular complexity index is 438. The molecule has 1 aromatic rings. The van der Waals surface area contributed by atoms with E-state index in [0.717, 1.165) is 6.42 Å². The fourth-order valence-electron chi connectivity index (χ4n) is 2.93. The molecular formula is C14H25N5O. The first-order chi connectivity index (χ1) is 9.60. The third-order valence-corrected chi connectivity index (χ3v) is 3.90. The van der Waals surface area contributed by atoms with Gasteiger partial charge in [0.05, 0.1) is 6.61 Å². The average Bonchev–Trinajstić information content (AvgIpc) is 2.38. The Hall–Kier alpha value is -1.59. The highest BCUT2D eigenvalue weighted by molar-refractivity contribution is 5.34. The Kier molecular flexibility index (Phi) is 4.98. The number of aromatic nitrogens is 3. The molecular weight excluding hydrogens is 254 g/mol. The van der Waals surface area contributed by atoms with Crippen molar-refractivity contribution in [1.82, 2.24) is 15.0 Å². The molecule has 0 radical (unpaired) electrons. The maximum atomic E-state index is 5.71. The van der Waals surface area contributed by atoms with Crippen LogP contribution in [-0.2, 0) is 0 Å². The largest absolute Gasteiger partial charge is 0.464 e. The number of nitrogens with zero attached hydrogens (tertiary/aromatic N) is 3. The summed E-state index contributed by atoms with van der Waals surface area (Å²) in [5, 5.41) is 3.43. The zero-order valence-electron chi connectivity index (χ0n) is 12.6. The number of anilines is 2. The van der Waals surface area contributed by atoms with Gasteiger partial charge in [-0.05, 0) is 31.6 Å². The average molecular weight is 279 g/mol. The predicted octanol–water partition coefficient (Wildman–Crippen LogP) is 2.48. The smallest absolute Gasteiger partial charge is 0.323 e. The van der Waals surface area contributed by atoms with E-state index in [1.54, 1.807) is 0 Å². The quantitative estimate of drug-likeness (QED) is 0.861. The maximum absolute atomic E-state index is 5.71. The molecule has 0 aliphatic heterocycles. The van der Waals surface area contributed by atoms with Crippen LogP contribution in [0.15, 0.2) is 0 Å². The molecule has 1 aromatic heterocycles. The summed E-state index contributed by atoms with van der Waals surface area (Å²) < 4.78 is 5.31. The third kappa shape index (κ3) is 3.71. The van der Waals surface area contributed by atoms with Gasteiger partial charge in [0.15, 0.2) is 0 Å². The lowest BCUT2D eigenvalue weighted by Crippen LogP contribution is -2.36. The van der Waals surface area contributed by atoms with E-state index in [-0.39, 0.29) is 5.95 Å². The molecule has 6 heteroatoms. The van der Waals surface area contributed by atoms with Gasteiger partial charge in [-0.2, -0.15) is 15.0 Å². The third-order valence-electron chi connectivity index (χ3n) is 3.90. The van der Waals surface area contributed by atoms with Crippen molar-refractivity contribution < 1.29 is 4.74 Å². The minimum atomic E-state index is 0.197. The first-order valence-corrected chi connectivity index (χ1v) is 7.51. The molecule has 0 amide bonds. The molecule has 1 saturated carbocycles. The van der Waals surface area contributed by atoms with E-state index >= 15 is 0 Å². The minimum absolute atomic E-state index is 0.197. The topological polar surface area (TPSA) is 86.0 Å². The molecule has 0 saturated heterocycles. The number of nitrogens with one attached hydrogen (secondary N) is 1.